The lowest BCUT2D eigenvalue weighted by Crippen LogP contribution is -2.27. The first-order chi connectivity index (χ1) is 16.4. The van der Waals surface area contributed by atoms with Crippen LogP contribution in [0.15, 0.2) is 48.9 Å². The summed E-state index contributed by atoms with van der Waals surface area (Å²) >= 11 is 0. The largest absolute Gasteiger partial charge is 0.373 e. The topological polar surface area (TPSA) is 74.1 Å². The van der Waals surface area contributed by atoms with Crippen molar-refractivity contribution < 1.29 is 10.9 Å². The molecular weight excluding hydrogens is 426 g/mol. The molecule has 1 N–H and O–H groups in total. The molecule has 7 heteroatoms. The lowest BCUT2D eigenvalue weighted by Gasteiger charge is -2.24. The van der Waals surface area contributed by atoms with Gasteiger partial charge in [-0.25, -0.2) is 15.0 Å². The normalized spacial score (nSPS) is 25.8. The summed E-state index contributed by atoms with van der Waals surface area (Å²) in [5, 5.41) is 5.39. The van der Waals surface area contributed by atoms with Gasteiger partial charge >= 0.3 is 0 Å². The van der Waals surface area contributed by atoms with Crippen molar-refractivity contribution in [1.29, 1.82) is 0 Å². The van der Waals surface area contributed by atoms with E-state index in [0.29, 0.717) is 5.92 Å². The first-order valence-electron chi connectivity index (χ1n) is 12.1. The lowest BCUT2D eigenvalue weighted by atomic mass is 9.95. The highest BCUT2D eigenvalue weighted by Gasteiger charge is 2.54. The third-order valence-corrected chi connectivity index (χ3v) is 7.43. The van der Waals surface area contributed by atoms with Crippen molar-refractivity contribution in [3.63, 3.8) is 0 Å². The van der Waals surface area contributed by atoms with E-state index in [0.717, 1.165) is 52.7 Å². The Labute approximate surface area is 201 Å². The van der Waals surface area contributed by atoms with E-state index in [1.54, 1.807) is 6.33 Å². The first kappa shape index (κ1) is 21.5. The van der Waals surface area contributed by atoms with Crippen LogP contribution in [0.5, 0.6) is 0 Å². The van der Waals surface area contributed by atoms with Gasteiger partial charge in [0.15, 0.2) is 5.79 Å². The van der Waals surface area contributed by atoms with Gasteiger partial charge in [0, 0.05) is 25.4 Å². The van der Waals surface area contributed by atoms with Gasteiger partial charge in [0.05, 0.1) is 23.4 Å². The second-order valence-corrected chi connectivity index (χ2v) is 10.1. The lowest BCUT2D eigenvalue weighted by molar-refractivity contribution is -0.160. The Hall–Kier alpha value is -3.03. The molecule has 34 heavy (non-hydrogen) atoms. The van der Waals surface area contributed by atoms with Gasteiger partial charge in [0.2, 0.25) is 0 Å². The quantitative estimate of drug-likeness (QED) is 0.437. The molecule has 0 amide bonds. The number of nitrogens with one attached hydrogen (secondary N) is 1. The van der Waals surface area contributed by atoms with Crippen molar-refractivity contribution in [3.8, 4) is 0 Å². The first-order valence-corrected chi connectivity index (χ1v) is 12.1. The zero-order chi connectivity index (χ0) is 23.4. The van der Waals surface area contributed by atoms with Crippen molar-refractivity contribution in [2.75, 3.05) is 12.4 Å². The summed E-state index contributed by atoms with van der Waals surface area (Å²) in [6, 6.07) is 13.1. The fourth-order valence-electron chi connectivity index (χ4n) is 5.79. The summed E-state index contributed by atoms with van der Waals surface area (Å²) in [6.07, 6.45) is 6.92. The van der Waals surface area contributed by atoms with E-state index < -0.39 is 5.79 Å². The van der Waals surface area contributed by atoms with E-state index in [2.05, 4.69) is 56.4 Å². The van der Waals surface area contributed by atoms with Gasteiger partial charge in [-0.1, -0.05) is 12.1 Å². The maximum atomic E-state index is 6.45. The Kier molecular flexibility index (Phi) is 5.08. The van der Waals surface area contributed by atoms with Crippen LogP contribution in [0.25, 0.3) is 21.9 Å². The Bertz CT molecular complexity index is 1370. The minimum Gasteiger partial charge on any atom is -0.373 e. The molecule has 2 fully saturated rings. The molecule has 4 aromatic rings. The summed E-state index contributed by atoms with van der Waals surface area (Å²) in [5.41, 5.74) is 4.32. The molecule has 1 aromatic carbocycles. The van der Waals surface area contributed by atoms with E-state index in [4.69, 9.17) is 14.5 Å². The Morgan fingerprint density at radius 1 is 1.12 bits per heavy atom. The average Bonchev–Trinajstić information content (AvgIpc) is 3.48. The van der Waals surface area contributed by atoms with Crippen LogP contribution in [-0.4, -0.2) is 44.6 Å². The average molecular weight is 460 g/mol. The van der Waals surface area contributed by atoms with E-state index in [9.17, 15) is 0 Å². The predicted molar refractivity (Wildman–Crippen MR) is 135 cm³/mol. The maximum absolute atomic E-state index is 6.45. The van der Waals surface area contributed by atoms with Gasteiger partial charge in [0.1, 0.15) is 23.9 Å². The second kappa shape index (κ2) is 8.03. The van der Waals surface area contributed by atoms with Gasteiger partial charge in [-0.15, -0.1) is 0 Å². The summed E-state index contributed by atoms with van der Waals surface area (Å²) in [7, 11) is 1.90. The highest BCUT2D eigenvalue weighted by molar-refractivity contribution is 5.81. The number of benzene rings is 1. The molecule has 0 spiro atoms. The Morgan fingerprint density at radius 3 is 2.79 bits per heavy atom. The summed E-state index contributed by atoms with van der Waals surface area (Å²) in [5.74, 6) is 0.726. The SMILES string of the molecule is CNc1ccc2ccc(CC[C@H]3C[C@@H](n4ccc5c(C)ncnc54)[C@@H]4OC(C)(C)O[C@H]34)cc2n1.[HH]. The third kappa shape index (κ3) is 3.63. The molecule has 0 unspecified atom stereocenters. The smallest absolute Gasteiger partial charge is 0.163 e. The van der Waals surface area contributed by atoms with Crippen molar-refractivity contribution >= 4 is 27.8 Å². The molecule has 1 saturated carbocycles. The van der Waals surface area contributed by atoms with Gasteiger partial charge in [-0.05, 0) is 75.8 Å². The van der Waals surface area contributed by atoms with E-state index in [-0.39, 0.29) is 19.7 Å². The molecule has 2 aliphatic rings. The van der Waals surface area contributed by atoms with E-state index in [1.165, 1.54) is 5.56 Å². The number of anilines is 1. The molecule has 178 valence electrons. The molecule has 0 bridgehead atoms. The van der Waals surface area contributed by atoms with Crippen molar-refractivity contribution in [2.45, 2.75) is 64.1 Å². The molecule has 4 heterocycles. The molecule has 1 aliphatic heterocycles. The Balaban J connectivity index is 0.00000253. The van der Waals surface area contributed by atoms with Gasteiger partial charge < -0.3 is 19.4 Å². The standard InChI is InChI=1S/C27H31N5O2.H2/c1-16-20-11-12-32(26(20)30-15-29-16)22-14-19(24-25(22)34-27(2,3)33-24)8-6-17-5-7-18-9-10-23(28-4)31-21(18)13-17;/h5,7,9-13,15,19,22,24-25H,6,8,14H2,1-4H3,(H,28,31);1H/t19-,22+,24+,25-;/m0./s1. The molecule has 6 rings (SSSR count). The molecular formula is C27H33N5O2. The minimum absolute atomic E-state index is 0. The fourth-order valence-corrected chi connectivity index (χ4v) is 5.79. The van der Waals surface area contributed by atoms with Crippen LogP contribution in [0, 0.1) is 12.8 Å². The Morgan fingerprint density at radius 2 is 1.94 bits per heavy atom. The number of rotatable bonds is 5. The number of pyridine rings is 1. The van der Waals surface area contributed by atoms with Crippen LogP contribution in [0.4, 0.5) is 5.82 Å². The zero-order valence-electron chi connectivity index (χ0n) is 20.2. The molecule has 1 aliphatic carbocycles. The van der Waals surface area contributed by atoms with Gasteiger partial charge in [-0.3, -0.25) is 0 Å². The molecule has 0 radical (unpaired) electrons. The van der Waals surface area contributed by atoms with Crippen LogP contribution >= 0.6 is 0 Å². The number of aromatic nitrogens is 4. The van der Waals surface area contributed by atoms with Crippen LogP contribution in [0.1, 0.15) is 45.4 Å². The monoisotopic (exact) mass is 459 g/mol. The van der Waals surface area contributed by atoms with Crippen LogP contribution < -0.4 is 5.32 Å². The minimum atomic E-state index is -0.573. The van der Waals surface area contributed by atoms with Crippen LogP contribution in [-0.2, 0) is 15.9 Å². The summed E-state index contributed by atoms with van der Waals surface area (Å²) in [6.45, 7) is 6.08. The van der Waals surface area contributed by atoms with Gasteiger partial charge in [-0.2, -0.15) is 0 Å². The number of ether oxygens (including phenoxy) is 2. The number of hydrogen-bond acceptors (Lipinski definition) is 6. The summed E-state index contributed by atoms with van der Waals surface area (Å²) in [4.78, 5) is 13.7. The molecule has 4 atom stereocenters. The van der Waals surface area contributed by atoms with E-state index >= 15 is 0 Å². The predicted octanol–water partition coefficient (Wildman–Crippen LogP) is 5.29. The molecule has 3 aromatic heterocycles. The van der Waals surface area contributed by atoms with Crippen molar-refractivity contribution in [1.82, 2.24) is 19.5 Å². The second-order valence-electron chi connectivity index (χ2n) is 10.1. The highest BCUT2D eigenvalue weighted by Crippen LogP contribution is 2.49. The number of fused-ring (bicyclic) bond motifs is 3. The fraction of sp³-hybridized carbons (Fsp3) is 0.444. The maximum Gasteiger partial charge on any atom is 0.163 e. The zero-order valence-corrected chi connectivity index (χ0v) is 20.2. The molecule has 7 nitrogen and oxygen atoms in total. The summed E-state index contributed by atoms with van der Waals surface area (Å²) < 4.78 is 15.2. The van der Waals surface area contributed by atoms with E-state index in [1.807, 2.05) is 33.9 Å². The third-order valence-electron chi connectivity index (χ3n) is 7.43. The number of hydrogen-bond donors (Lipinski definition) is 1. The number of aryl methyl sites for hydroxylation is 2. The number of nitrogens with zero attached hydrogens (tertiary/aromatic N) is 4. The molecule has 1 saturated heterocycles. The van der Waals surface area contributed by atoms with Crippen LogP contribution in [0.2, 0.25) is 0 Å². The van der Waals surface area contributed by atoms with Crippen molar-refractivity contribution in [2.24, 2.45) is 5.92 Å². The van der Waals surface area contributed by atoms with Crippen molar-refractivity contribution in [3.05, 3.63) is 60.2 Å². The highest BCUT2D eigenvalue weighted by atomic mass is 16.8. The van der Waals surface area contributed by atoms with Gasteiger partial charge in [0.25, 0.3) is 0 Å². The van der Waals surface area contributed by atoms with Crippen LogP contribution in [0.3, 0.4) is 0 Å².